The Kier molecular flexibility index (Phi) is 4.70. The fourth-order valence-corrected chi connectivity index (χ4v) is 2.48. The topological polar surface area (TPSA) is 20.2 Å². The van der Waals surface area contributed by atoms with Crippen molar-refractivity contribution in [1.82, 2.24) is 0 Å². The van der Waals surface area contributed by atoms with Gasteiger partial charge in [0.2, 0.25) is 0 Å². The molecule has 0 amide bonds. The Balaban J connectivity index is 2.06. The fourth-order valence-electron chi connectivity index (χ4n) is 2.10. The van der Waals surface area contributed by atoms with Gasteiger partial charge in [0, 0.05) is 10.9 Å². The summed E-state index contributed by atoms with van der Waals surface area (Å²) in [5.41, 5.74) is 0.655. The van der Waals surface area contributed by atoms with Crippen LogP contribution in [0, 0.1) is 0 Å². The van der Waals surface area contributed by atoms with E-state index in [0.29, 0.717) is 5.56 Å². The first kappa shape index (κ1) is 15.3. The van der Waals surface area contributed by atoms with Gasteiger partial charge in [0.25, 0.3) is 0 Å². The SMILES string of the molecule is OC(CCCC(F)(F)F)c1ccc2cc(Br)ccc2c1. The van der Waals surface area contributed by atoms with Gasteiger partial charge < -0.3 is 5.11 Å². The molecule has 1 unspecified atom stereocenters. The normalized spacial score (nSPS) is 13.7. The van der Waals surface area contributed by atoms with E-state index >= 15 is 0 Å². The summed E-state index contributed by atoms with van der Waals surface area (Å²) in [5.74, 6) is 0. The molecular formula is C15H14BrF3O. The lowest BCUT2D eigenvalue weighted by Crippen LogP contribution is -2.08. The summed E-state index contributed by atoms with van der Waals surface area (Å²) >= 11 is 3.38. The summed E-state index contributed by atoms with van der Waals surface area (Å²) < 4.78 is 37.2. The van der Waals surface area contributed by atoms with Crippen molar-refractivity contribution in [2.45, 2.75) is 31.5 Å². The van der Waals surface area contributed by atoms with Gasteiger partial charge in [-0.2, -0.15) is 13.2 Å². The summed E-state index contributed by atoms with van der Waals surface area (Å²) in [6.45, 7) is 0. The zero-order valence-corrected chi connectivity index (χ0v) is 12.2. The third-order valence-electron chi connectivity index (χ3n) is 3.15. The maximum absolute atomic E-state index is 12.1. The first-order valence-electron chi connectivity index (χ1n) is 6.29. The zero-order valence-electron chi connectivity index (χ0n) is 10.6. The first-order chi connectivity index (χ1) is 9.35. The van der Waals surface area contributed by atoms with E-state index in [2.05, 4.69) is 15.9 Å². The molecule has 0 bridgehead atoms. The highest BCUT2D eigenvalue weighted by molar-refractivity contribution is 9.10. The highest BCUT2D eigenvalue weighted by atomic mass is 79.9. The summed E-state index contributed by atoms with van der Waals surface area (Å²) in [5, 5.41) is 11.9. The van der Waals surface area contributed by atoms with Crippen molar-refractivity contribution in [2.24, 2.45) is 0 Å². The van der Waals surface area contributed by atoms with Gasteiger partial charge in [0.05, 0.1) is 6.10 Å². The van der Waals surface area contributed by atoms with E-state index in [4.69, 9.17) is 0 Å². The molecule has 2 rings (SSSR count). The predicted octanol–water partition coefficient (Wildman–Crippen LogP) is 5.37. The number of halogens is 4. The standard InChI is InChI=1S/C15H14BrF3O/c16-13-6-5-10-8-12(4-3-11(10)9-13)14(20)2-1-7-15(17,18)19/h3-6,8-9,14,20H,1-2,7H2. The lowest BCUT2D eigenvalue weighted by molar-refractivity contribution is -0.136. The van der Waals surface area contributed by atoms with Gasteiger partial charge in [-0.25, -0.2) is 0 Å². The van der Waals surface area contributed by atoms with E-state index in [1.165, 1.54) is 0 Å². The van der Waals surface area contributed by atoms with Crippen molar-refractivity contribution in [3.8, 4) is 0 Å². The van der Waals surface area contributed by atoms with Crippen LogP contribution in [-0.4, -0.2) is 11.3 Å². The monoisotopic (exact) mass is 346 g/mol. The lowest BCUT2D eigenvalue weighted by Gasteiger charge is -2.13. The number of aliphatic hydroxyl groups excluding tert-OH is 1. The Bertz CT molecular complexity index is 595. The second-order valence-corrected chi connectivity index (χ2v) is 5.69. The third kappa shape index (κ3) is 4.21. The van der Waals surface area contributed by atoms with Crippen molar-refractivity contribution in [2.75, 3.05) is 0 Å². The van der Waals surface area contributed by atoms with Gasteiger partial charge in [0.1, 0.15) is 0 Å². The van der Waals surface area contributed by atoms with Crippen LogP contribution in [0.2, 0.25) is 0 Å². The van der Waals surface area contributed by atoms with E-state index < -0.39 is 18.7 Å². The second-order valence-electron chi connectivity index (χ2n) is 4.77. The van der Waals surface area contributed by atoms with Gasteiger partial charge in [-0.05, 0) is 47.4 Å². The molecule has 0 radical (unpaired) electrons. The molecule has 0 saturated heterocycles. The molecule has 1 atom stereocenters. The number of fused-ring (bicyclic) bond motifs is 1. The molecule has 0 spiro atoms. The van der Waals surface area contributed by atoms with Gasteiger partial charge in [-0.15, -0.1) is 0 Å². The highest BCUT2D eigenvalue weighted by Gasteiger charge is 2.26. The average molecular weight is 347 g/mol. The van der Waals surface area contributed by atoms with E-state index in [9.17, 15) is 18.3 Å². The molecule has 0 fully saturated rings. The number of aliphatic hydroxyl groups is 1. The molecule has 0 aromatic heterocycles. The molecule has 0 saturated carbocycles. The van der Waals surface area contributed by atoms with Crippen molar-refractivity contribution in [3.05, 3.63) is 46.4 Å². The molecule has 0 aliphatic heterocycles. The van der Waals surface area contributed by atoms with Crippen molar-refractivity contribution < 1.29 is 18.3 Å². The minimum absolute atomic E-state index is 0.0664. The third-order valence-corrected chi connectivity index (χ3v) is 3.64. The zero-order chi connectivity index (χ0) is 14.8. The van der Waals surface area contributed by atoms with Gasteiger partial charge in [0.15, 0.2) is 0 Å². The largest absolute Gasteiger partial charge is 0.389 e. The number of hydrogen-bond acceptors (Lipinski definition) is 1. The molecule has 1 N–H and O–H groups in total. The van der Waals surface area contributed by atoms with Gasteiger partial charge >= 0.3 is 6.18 Å². The van der Waals surface area contributed by atoms with E-state index in [-0.39, 0.29) is 12.8 Å². The lowest BCUT2D eigenvalue weighted by atomic mass is 10.00. The van der Waals surface area contributed by atoms with Gasteiger partial charge in [-0.3, -0.25) is 0 Å². The van der Waals surface area contributed by atoms with Crippen LogP contribution >= 0.6 is 15.9 Å². The minimum Gasteiger partial charge on any atom is -0.388 e. The van der Waals surface area contributed by atoms with Crippen molar-refractivity contribution in [3.63, 3.8) is 0 Å². The van der Waals surface area contributed by atoms with Crippen LogP contribution in [0.4, 0.5) is 13.2 Å². The van der Waals surface area contributed by atoms with Crippen LogP contribution in [0.3, 0.4) is 0 Å². The predicted molar refractivity (Wildman–Crippen MR) is 76.5 cm³/mol. The Morgan fingerprint density at radius 3 is 2.40 bits per heavy atom. The van der Waals surface area contributed by atoms with Crippen molar-refractivity contribution in [1.29, 1.82) is 0 Å². The van der Waals surface area contributed by atoms with Crippen LogP contribution < -0.4 is 0 Å². The Morgan fingerprint density at radius 2 is 1.70 bits per heavy atom. The molecular weight excluding hydrogens is 333 g/mol. The average Bonchev–Trinajstić information content (AvgIpc) is 2.36. The highest BCUT2D eigenvalue weighted by Crippen LogP contribution is 2.28. The van der Waals surface area contributed by atoms with Crippen LogP contribution in [0.15, 0.2) is 40.9 Å². The van der Waals surface area contributed by atoms with E-state index in [0.717, 1.165) is 15.2 Å². The summed E-state index contributed by atoms with van der Waals surface area (Å²) in [7, 11) is 0. The number of hydrogen-bond donors (Lipinski definition) is 1. The van der Waals surface area contributed by atoms with Gasteiger partial charge in [-0.1, -0.05) is 34.1 Å². The maximum atomic E-state index is 12.1. The smallest absolute Gasteiger partial charge is 0.388 e. The maximum Gasteiger partial charge on any atom is 0.389 e. The molecule has 108 valence electrons. The van der Waals surface area contributed by atoms with E-state index in [1.54, 1.807) is 6.07 Å². The molecule has 1 nitrogen and oxygen atoms in total. The molecule has 20 heavy (non-hydrogen) atoms. The summed E-state index contributed by atoms with van der Waals surface area (Å²) in [6.07, 6.45) is -5.82. The number of alkyl halides is 3. The van der Waals surface area contributed by atoms with Crippen LogP contribution in [0.25, 0.3) is 10.8 Å². The molecule has 0 aliphatic rings. The molecule has 2 aromatic carbocycles. The number of benzene rings is 2. The quantitative estimate of drug-likeness (QED) is 0.789. The molecule has 0 aliphatic carbocycles. The number of rotatable bonds is 4. The minimum atomic E-state index is -4.16. The molecule has 2 aromatic rings. The fraction of sp³-hybridized carbons (Fsp3) is 0.333. The summed E-state index contributed by atoms with van der Waals surface area (Å²) in [4.78, 5) is 0. The molecule has 5 heteroatoms. The first-order valence-corrected chi connectivity index (χ1v) is 7.08. The Morgan fingerprint density at radius 1 is 1.05 bits per heavy atom. The van der Waals surface area contributed by atoms with Crippen LogP contribution in [0.1, 0.15) is 30.9 Å². The molecule has 0 heterocycles. The summed E-state index contributed by atoms with van der Waals surface area (Å²) in [6, 6.07) is 11.2. The Labute approximate surface area is 123 Å². The van der Waals surface area contributed by atoms with Crippen LogP contribution in [-0.2, 0) is 0 Å². The van der Waals surface area contributed by atoms with Crippen molar-refractivity contribution >= 4 is 26.7 Å². The second kappa shape index (κ2) is 6.14. The van der Waals surface area contributed by atoms with Crippen LogP contribution in [0.5, 0.6) is 0 Å². The van der Waals surface area contributed by atoms with E-state index in [1.807, 2.05) is 30.3 Å². The Hall–Kier alpha value is -1.07.